The fraction of sp³-hybridized carbons (Fsp3) is 0.0667. The molecule has 7 N–H and O–H groups in total. The molecule has 0 bridgehead atoms. The summed E-state index contributed by atoms with van der Waals surface area (Å²) in [7, 11) is -4.63. The fourth-order valence-corrected chi connectivity index (χ4v) is 2.75. The van der Waals surface area contributed by atoms with Gasteiger partial charge >= 0.3 is 5.97 Å². The van der Waals surface area contributed by atoms with Crippen LogP contribution in [0.3, 0.4) is 0 Å². The zero-order valence-corrected chi connectivity index (χ0v) is 14.5. The summed E-state index contributed by atoms with van der Waals surface area (Å²) in [6, 6.07) is 6.09. The summed E-state index contributed by atoms with van der Waals surface area (Å²) in [6.45, 7) is -0.0534. The van der Waals surface area contributed by atoms with Gasteiger partial charge in [0.15, 0.2) is 6.40 Å². The SMILES string of the molecule is N=COCc1ccc(S(=O)(=O)O)c(N=Nc2c(N)cc(N)cc2C(=O)O)c1. The Hall–Kier alpha value is -3.51. The third-order valence-corrected chi connectivity index (χ3v) is 4.19. The molecule has 12 heteroatoms. The van der Waals surface area contributed by atoms with Crippen LogP contribution in [0.1, 0.15) is 15.9 Å². The lowest BCUT2D eigenvalue weighted by atomic mass is 10.1. The molecule has 0 saturated carbocycles. The molecule has 0 aromatic heterocycles. The molecule has 0 spiro atoms. The second kappa shape index (κ2) is 7.80. The van der Waals surface area contributed by atoms with Crippen LogP contribution < -0.4 is 11.5 Å². The predicted molar refractivity (Wildman–Crippen MR) is 96.2 cm³/mol. The number of carboxylic acids is 1. The van der Waals surface area contributed by atoms with Gasteiger partial charge in [0.05, 0.1) is 11.3 Å². The Morgan fingerprint density at radius 1 is 1.22 bits per heavy atom. The molecule has 0 aliphatic heterocycles. The number of nitrogen functional groups attached to an aromatic ring is 2. The molecule has 0 saturated heterocycles. The van der Waals surface area contributed by atoms with E-state index in [0.29, 0.717) is 12.0 Å². The molecule has 11 nitrogen and oxygen atoms in total. The number of ether oxygens (including phenoxy) is 1. The van der Waals surface area contributed by atoms with Gasteiger partial charge in [0, 0.05) is 5.69 Å². The normalized spacial score (nSPS) is 11.4. The lowest BCUT2D eigenvalue weighted by Crippen LogP contribution is -2.02. The van der Waals surface area contributed by atoms with Crippen LogP contribution in [0, 0.1) is 5.41 Å². The number of anilines is 2. The Morgan fingerprint density at radius 2 is 1.93 bits per heavy atom. The molecule has 2 aromatic rings. The van der Waals surface area contributed by atoms with Gasteiger partial charge in [-0.2, -0.15) is 8.42 Å². The van der Waals surface area contributed by atoms with E-state index in [4.69, 9.17) is 21.6 Å². The van der Waals surface area contributed by atoms with Crippen molar-refractivity contribution < 1.29 is 27.6 Å². The van der Waals surface area contributed by atoms with Crippen LogP contribution >= 0.6 is 0 Å². The van der Waals surface area contributed by atoms with Crippen LogP contribution in [0.2, 0.25) is 0 Å². The van der Waals surface area contributed by atoms with E-state index in [0.717, 1.165) is 12.1 Å². The highest BCUT2D eigenvalue weighted by atomic mass is 32.2. The number of nitrogens with zero attached hydrogens (tertiary/aromatic N) is 2. The van der Waals surface area contributed by atoms with E-state index in [2.05, 4.69) is 10.2 Å². The minimum atomic E-state index is -4.63. The van der Waals surface area contributed by atoms with Crippen molar-refractivity contribution in [2.45, 2.75) is 11.5 Å². The Morgan fingerprint density at radius 3 is 2.52 bits per heavy atom. The van der Waals surface area contributed by atoms with Crippen molar-refractivity contribution in [1.29, 1.82) is 5.41 Å². The van der Waals surface area contributed by atoms with E-state index in [1.165, 1.54) is 18.2 Å². The minimum Gasteiger partial charge on any atom is -0.479 e. The number of hydrogen-bond donors (Lipinski definition) is 5. The van der Waals surface area contributed by atoms with Crippen LogP contribution in [0.25, 0.3) is 0 Å². The van der Waals surface area contributed by atoms with Crippen molar-refractivity contribution in [1.82, 2.24) is 0 Å². The van der Waals surface area contributed by atoms with E-state index in [-0.39, 0.29) is 34.9 Å². The topological polar surface area (TPSA) is 202 Å². The summed E-state index contributed by atoms with van der Waals surface area (Å²) in [5, 5.41) is 23.6. The molecular weight excluding hydrogens is 378 g/mol. The molecule has 0 aliphatic rings. The molecule has 0 aliphatic carbocycles. The summed E-state index contributed by atoms with van der Waals surface area (Å²) in [5.74, 6) is -1.36. The van der Waals surface area contributed by atoms with E-state index in [1.54, 1.807) is 0 Å². The van der Waals surface area contributed by atoms with Crippen LogP contribution in [0.5, 0.6) is 0 Å². The van der Waals surface area contributed by atoms with Gasteiger partial charge in [-0.15, -0.1) is 10.2 Å². The zero-order chi connectivity index (χ0) is 20.2. The quantitative estimate of drug-likeness (QED) is 0.155. The van der Waals surface area contributed by atoms with Gasteiger partial charge in [-0.25, -0.2) is 4.79 Å². The van der Waals surface area contributed by atoms with Crippen LogP contribution in [0.4, 0.5) is 22.7 Å². The Bertz CT molecular complexity index is 1040. The maximum absolute atomic E-state index is 11.5. The zero-order valence-electron chi connectivity index (χ0n) is 13.7. The van der Waals surface area contributed by atoms with Gasteiger partial charge in [-0.05, 0) is 29.8 Å². The number of rotatable bonds is 7. The number of nitrogens with one attached hydrogen (secondary N) is 1. The van der Waals surface area contributed by atoms with E-state index < -0.39 is 21.0 Å². The van der Waals surface area contributed by atoms with Crippen molar-refractivity contribution >= 4 is 45.2 Å². The Balaban J connectivity index is 2.59. The molecule has 0 heterocycles. The van der Waals surface area contributed by atoms with E-state index in [9.17, 15) is 22.9 Å². The molecule has 0 atom stereocenters. The van der Waals surface area contributed by atoms with Crippen molar-refractivity contribution in [2.75, 3.05) is 11.5 Å². The fourth-order valence-electron chi connectivity index (χ4n) is 2.15. The molecular formula is C15H15N5O6S. The predicted octanol–water partition coefficient (Wildman–Crippen LogP) is 2.33. The molecule has 142 valence electrons. The van der Waals surface area contributed by atoms with E-state index in [1.807, 2.05) is 0 Å². The monoisotopic (exact) mass is 393 g/mol. The van der Waals surface area contributed by atoms with Crippen LogP contribution in [-0.4, -0.2) is 30.4 Å². The first-order valence-electron chi connectivity index (χ1n) is 7.18. The summed E-state index contributed by atoms with van der Waals surface area (Å²) in [5.41, 5.74) is 10.9. The van der Waals surface area contributed by atoms with Gasteiger partial charge in [-0.1, -0.05) is 6.07 Å². The highest BCUT2D eigenvalue weighted by molar-refractivity contribution is 7.86. The lowest BCUT2D eigenvalue weighted by molar-refractivity contribution is 0.0697. The number of carboxylic acid groups (broad SMARTS) is 1. The number of hydrogen-bond acceptors (Lipinski definition) is 9. The van der Waals surface area contributed by atoms with Gasteiger partial charge in [0.25, 0.3) is 10.1 Å². The molecule has 27 heavy (non-hydrogen) atoms. The Labute approximate surface area is 153 Å². The largest absolute Gasteiger partial charge is 0.479 e. The van der Waals surface area contributed by atoms with Crippen LogP contribution in [0.15, 0.2) is 45.5 Å². The molecule has 0 amide bonds. The molecule has 2 aromatic carbocycles. The number of benzene rings is 2. The second-order valence-electron chi connectivity index (χ2n) is 5.22. The molecule has 2 rings (SSSR count). The summed E-state index contributed by atoms with van der Waals surface area (Å²) < 4.78 is 37.2. The third-order valence-electron chi connectivity index (χ3n) is 3.28. The standard InChI is InChI=1S/C15H15N5O6S/c16-7-26-6-8-1-2-13(27(23,24)25)12(3-8)19-20-14-10(15(21)22)4-9(17)5-11(14)18/h1-5,7,16H,6,17-18H2,(H,21,22)(H,23,24,25). The van der Waals surface area contributed by atoms with Crippen molar-refractivity contribution in [3.63, 3.8) is 0 Å². The molecule has 0 radical (unpaired) electrons. The second-order valence-corrected chi connectivity index (χ2v) is 6.61. The van der Waals surface area contributed by atoms with Gasteiger partial charge in [0.2, 0.25) is 0 Å². The summed E-state index contributed by atoms with van der Waals surface area (Å²) in [4.78, 5) is 10.8. The Kier molecular flexibility index (Phi) is 5.72. The smallest absolute Gasteiger partial charge is 0.338 e. The minimum absolute atomic E-state index is 0.0534. The van der Waals surface area contributed by atoms with E-state index >= 15 is 0 Å². The average Bonchev–Trinajstić information content (AvgIpc) is 2.57. The lowest BCUT2D eigenvalue weighted by Gasteiger charge is -2.07. The highest BCUT2D eigenvalue weighted by Gasteiger charge is 2.18. The van der Waals surface area contributed by atoms with Crippen molar-refractivity contribution in [3.05, 3.63) is 41.5 Å². The number of azo groups is 1. The number of aromatic carboxylic acids is 1. The maximum Gasteiger partial charge on any atom is 0.338 e. The van der Waals surface area contributed by atoms with Crippen molar-refractivity contribution in [2.24, 2.45) is 10.2 Å². The average molecular weight is 393 g/mol. The molecule has 0 unspecified atom stereocenters. The van der Waals surface area contributed by atoms with Crippen molar-refractivity contribution in [3.8, 4) is 0 Å². The molecule has 0 fully saturated rings. The highest BCUT2D eigenvalue weighted by Crippen LogP contribution is 2.33. The third kappa shape index (κ3) is 4.77. The van der Waals surface area contributed by atoms with Gasteiger partial charge < -0.3 is 21.3 Å². The number of nitrogens with two attached hydrogens (primary N) is 2. The first-order valence-corrected chi connectivity index (χ1v) is 8.62. The first kappa shape index (κ1) is 19.8. The van der Waals surface area contributed by atoms with Gasteiger partial charge in [0.1, 0.15) is 22.9 Å². The maximum atomic E-state index is 11.5. The van der Waals surface area contributed by atoms with Crippen LogP contribution in [-0.2, 0) is 21.5 Å². The number of carbonyl (C=O) groups is 1. The summed E-state index contributed by atoms with van der Waals surface area (Å²) >= 11 is 0. The van der Waals surface area contributed by atoms with Gasteiger partial charge in [-0.3, -0.25) is 9.96 Å². The summed E-state index contributed by atoms with van der Waals surface area (Å²) in [6.07, 6.45) is 0.700. The first-order chi connectivity index (χ1) is 12.6.